The topological polar surface area (TPSA) is 38.1 Å². The molecule has 0 radical (unpaired) electrons. The third-order valence-corrected chi connectivity index (χ3v) is 3.98. The quantitative estimate of drug-likeness (QED) is 0.718. The minimum absolute atomic E-state index is 0.0750. The van der Waals surface area contributed by atoms with Crippen molar-refractivity contribution < 1.29 is 4.79 Å². The van der Waals surface area contributed by atoms with Crippen LogP contribution in [0.25, 0.3) is 0 Å². The Labute approximate surface area is 107 Å². The smallest absolute Gasteiger partial charge is 0.257 e. The van der Waals surface area contributed by atoms with Crippen LogP contribution in [-0.4, -0.2) is 39.1 Å². The molecule has 1 aromatic heterocycles. The van der Waals surface area contributed by atoms with E-state index in [0.717, 1.165) is 25.2 Å². The van der Waals surface area contributed by atoms with E-state index < -0.39 is 0 Å². The third-order valence-electron chi connectivity index (χ3n) is 3.33. The molecule has 2 rings (SSSR count). The van der Waals surface area contributed by atoms with E-state index in [1.807, 2.05) is 18.9 Å². The molecule has 0 N–H and O–H groups in total. The van der Waals surface area contributed by atoms with Crippen LogP contribution in [0.4, 0.5) is 0 Å². The lowest BCUT2D eigenvalue weighted by Crippen LogP contribution is -2.43. The average molecular weight is 256 g/mol. The van der Waals surface area contributed by atoms with Gasteiger partial charge in [-0.1, -0.05) is 6.92 Å². The number of rotatable bonds is 1. The van der Waals surface area contributed by atoms with E-state index in [9.17, 15) is 4.79 Å². The summed E-state index contributed by atoms with van der Waals surface area (Å²) in [5.41, 5.74) is 1.49. The van der Waals surface area contributed by atoms with Crippen molar-refractivity contribution >= 4 is 17.5 Å². The zero-order valence-electron chi connectivity index (χ0n) is 10.5. The molecule has 0 aliphatic carbocycles. The van der Waals surface area contributed by atoms with E-state index in [1.165, 1.54) is 0 Å². The number of alkyl halides is 1. The third kappa shape index (κ3) is 2.46. The van der Waals surface area contributed by atoms with Gasteiger partial charge in [-0.3, -0.25) is 9.48 Å². The second kappa shape index (κ2) is 4.69. The highest BCUT2D eigenvalue weighted by atomic mass is 35.5. The summed E-state index contributed by atoms with van der Waals surface area (Å²) in [6, 6.07) is 0. The first-order chi connectivity index (χ1) is 7.99. The minimum Gasteiger partial charge on any atom is -0.338 e. The van der Waals surface area contributed by atoms with Crippen molar-refractivity contribution in [2.24, 2.45) is 13.0 Å². The normalized spacial score (nSPS) is 25.1. The fourth-order valence-corrected chi connectivity index (χ4v) is 2.46. The molecule has 5 heteroatoms. The van der Waals surface area contributed by atoms with E-state index in [-0.39, 0.29) is 11.3 Å². The van der Waals surface area contributed by atoms with Crippen LogP contribution in [0.2, 0.25) is 0 Å². The molecule has 0 bridgehead atoms. The Balaban J connectivity index is 2.13. The molecule has 0 aromatic carbocycles. The van der Waals surface area contributed by atoms with Crippen LogP contribution in [0.3, 0.4) is 0 Å². The van der Waals surface area contributed by atoms with Crippen molar-refractivity contribution in [2.45, 2.75) is 25.6 Å². The monoisotopic (exact) mass is 255 g/mol. The molecule has 2 unspecified atom stereocenters. The van der Waals surface area contributed by atoms with E-state index in [0.29, 0.717) is 11.5 Å². The number of piperidine rings is 1. The Morgan fingerprint density at radius 2 is 2.29 bits per heavy atom. The SMILES string of the molecule is Cc1nn(C)cc1C(=O)N1CCC(Cl)C(C)C1. The lowest BCUT2D eigenvalue weighted by atomic mass is 9.99. The number of hydrogen-bond acceptors (Lipinski definition) is 2. The predicted octanol–water partition coefficient (Wildman–Crippen LogP) is 1.82. The molecule has 1 fully saturated rings. The van der Waals surface area contributed by atoms with Crippen LogP contribution in [0.1, 0.15) is 29.4 Å². The Bertz CT molecular complexity index is 429. The summed E-state index contributed by atoms with van der Waals surface area (Å²) >= 11 is 6.16. The number of likely N-dealkylation sites (tertiary alicyclic amines) is 1. The Morgan fingerprint density at radius 3 is 2.82 bits per heavy atom. The Hall–Kier alpha value is -1.03. The Morgan fingerprint density at radius 1 is 1.59 bits per heavy atom. The second-order valence-electron chi connectivity index (χ2n) is 4.83. The van der Waals surface area contributed by atoms with Gasteiger partial charge in [-0.2, -0.15) is 5.10 Å². The van der Waals surface area contributed by atoms with Crippen LogP contribution in [0.15, 0.2) is 6.20 Å². The number of amides is 1. The standard InChI is InChI=1S/C12H18ClN3O/c1-8-6-16(5-4-11(8)13)12(17)10-7-15(3)14-9(10)2/h7-8,11H,4-6H2,1-3H3. The summed E-state index contributed by atoms with van der Waals surface area (Å²) in [6.07, 6.45) is 2.66. The first-order valence-corrected chi connectivity index (χ1v) is 6.36. The first-order valence-electron chi connectivity index (χ1n) is 5.92. The summed E-state index contributed by atoms with van der Waals surface area (Å²) in [5, 5.41) is 4.39. The summed E-state index contributed by atoms with van der Waals surface area (Å²) in [5.74, 6) is 0.428. The highest BCUT2D eigenvalue weighted by Gasteiger charge is 2.29. The van der Waals surface area contributed by atoms with Gasteiger partial charge in [0.1, 0.15) is 0 Å². The van der Waals surface area contributed by atoms with E-state index in [2.05, 4.69) is 12.0 Å². The molecule has 0 spiro atoms. The van der Waals surface area contributed by atoms with Gasteiger partial charge in [-0.15, -0.1) is 11.6 Å². The van der Waals surface area contributed by atoms with E-state index in [1.54, 1.807) is 10.9 Å². The molecule has 2 atom stereocenters. The highest BCUT2D eigenvalue weighted by Crippen LogP contribution is 2.23. The molecule has 4 nitrogen and oxygen atoms in total. The molecular weight excluding hydrogens is 238 g/mol. The fourth-order valence-electron chi connectivity index (χ4n) is 2.28. The summed E-state index contributed by atoms with van der Waals surface area (Å²) in [6.45, 7) is 5.44. The van der Waals surface area contributed by atoms with Crippen LogP contribution >= 0.6 is 11.6 Å². The van der Waals surface area contributed by atoms with Crippen molar-refractivity contribution in [1.82, 2.24) is 14.7 Å². The van der Waals surface area contributed by atoms with Gasteiger partial charge in [0.05, 0.1) is 11.3 Å². The van der Waals surface area contributed by atoms with Gasteiger partial charge in [0.25, 0.3) is 5.91 Å². The van der Waals surface area contributed by atoms with Crippen LogP contribution in [-0.2, 0) is 7.05 Å². The highest BCUT2D eigenvalue weighted by molar-refractivity contribution is 6.20. The number of hydrogen-bond donors (Lipinski definition) is 0. The molecule has 1 aliphatic heterocycles. The van der Waals surface area contributed by atoms with E-state index in [4.69, 9.17) is 11.6 Å². The first kappa shape index (κ1) is 12.4. The lowest BCUT2D eigenvalue weighted by molar-refractivity contribution is 0.0686. The fraction of sp³-hybridized carbons (Fsp3) is 0.667. The zero-order chi connectivity index (χ0) is 12.6. The molecule has 1 amide bonds. The van der Waals surface area contributed by atoms with Crippen LogP contribution in [0.5, 0.6) is 0 Å². The maximum atomic E-state index is 12.3. The maximum absolute atomic E-state index is 12.3. The van der Waals surface area contributed by atoms with Gasteiger partial charge < -0.3 is 4.90 Å². The molecule has 94 valence electrons. The van der Waals surface area contributed by atoms with Crippen LogP contribution in [0, 0.1) is 12.8 Å². The van der Waals surface area contributed by atoms with Gasteiger partial charge in [0.15, 0.2) is 0 Å². The molecule has 2 heterocycles. The van der Waals surface area contributed by atoms with Gasteiger partial charge in [-0.05, 0) is 19.3 Å². The van der Waals surface area contributed by atoms with Crippen molar-refractivity contribution in [3.8, 4) is 0 Å². The largest absolute Gasteiger partial charge is 0.338 e. The van der Waals surface area contributed by atoms with Gasteiger partial charge in [0, 0.05) is 31.7 Å². The predicted molar refractivity (Wildman–Crippen MR) is 67.3 cm³/mol. The average Bonchev–Trinajstić information content (AvgIpc) is 2.61. The van der Waals surface area contributed by atoms with Crippen molar-refractivity contribution in [1.29, 1.82) is 0 Å². The zero-order valence-corrected chi connectivity index (χ0v) is 11.2. The molecule has 0 saturated carbocycles. The summed E-state index contributed by atoms with van der Waals surface area (Å²) in [7, 11) is 1.83. The lowest BCUT2D eigenvalue weighted by Gasteiger charge is -2.34. The number of halogens is 1. The molecule has 1 saturated heterocycles. The molecular formula is C12H18ClN3O. The van der Waals surface area contributed by atoms with Crippen LogP contribution < -0.4 is 0 Å². The number of aryl methyl sites for hydroxylation is 2. The van der Waals surface area contributed by atoms with Gasteiger partial charge >= 0.3 is 0 Å². The number of carbonyl (C=O) groups is 1. The van der Waals surface area contributed by atoms with Crippen molar-refractivity contribution in [3.63, 3.8) is 0 Å². The number of carbonyl (C=O) groups excluding carboxylic acids is 1. The molecule has 1 aliphatic rings. The van der Waals surface area contributed by atoms with Crippen molar-refractivity contribution in [3.05, 3.63) is 17.5 Å². The van der Waals surface area contributed by atoms with Crippen molar-refractivity contribution in [2.75, 3.05) is 13.1 Å². The maximum Gasteiger partial charge on any atom is 0.257 e. The van der Waals surface area contributed by atoms with E-state index >= 15 is 0 Å². The van der Waals surface area contributed by atoms with Gasteiger partial charge in [-0.25, -0.2) is 0 Å². The number of nitrogens with zero attached hydrogens (tertiary/aromatic N) is 3. The second-order valence-corrected chi connectivity index (χ2v) is 5.40. The molecule has 17 heavy (non-hydrogen) atoms. The Kier molecular flexibility index (Phi) is 3.43. The minimum atomic E-state index is 0.0750. The summed E-state index contributed by atoms with van der Waals surface area (Å²) < 4.78 is 1.68. The van der Waals surface area contributed by atoms with Gasteiger partial charge in [0.2, 0.25) is 0 Å². The number of aromatic nitrogens is 2. The summed E-state index contributed by atoms with van der Waals surface area (Å²) in [4.78, 5) is 14.2. The molecule has 1 aromatic rings.